The molecule has 2 aromatic rings. The Bertz CT molecular complexity index is 756. The number of carbonyl (C=O) groups excluding carboxylic acids is 1. The fourth-order valence-electron chi connectivity index (χ4n) is 2.43. The maximum Gasteiger partial charge on any atom is 0.266 e. The number of ether oxygens (including phenoxy) is 1. The van der Waals surface area contributed by atoms with Gasteiger partial charge in [-0.2, -0.15) is 5.10 Å². The average Bonchev–Trinajstić information content (AvgIpc) is 2.63. The molecular weight excluding hydrogens is 318 g/mol. The molecule has 0 unspecified atom stereocenters. The first kappa shape index (κ1) is 18.7. The first-order valence-corrected chi connectivity index (χ1v) is 8.63. The van der Waals surface area contributed by atoms with Crippen LogP contribution in [0.4, 0.5) is 0 Å². The van der Waals surface area contributed by atoms with Crippen LogP contribution in [-0.2, 0) is 11.3 Å². The minimum atomic E-state index is -0.168. The summed E-state index contributed by atoms with van der Waals surface area (Å²) >= 11 is 0. The van der Waals surface area contributed by atoms with Crippen LogP contribution in [0.1, 0.15) is 32.6 Å². The molecule has 0 radical (unpaired) electrons. The SMILES string of the molecule is CCCCNC(=O)CCCn1nc(-c2cccc(OC)c2)ccc1=O. The van der Waals surface area contributed by atoms with Gasteiger partial charge < -0.3 is 10.1 Å². The van der Waals surface area contributed by atoms with Crippen LogP contribution in [-0.4, -0.2) is 29.3 Å². The van der Waals surface area contributed by atoms with E-state index in [0.29, 0.717) is 31.6 Å². The summed E-state index contributed by atoms with van der Waals surface area (Å²) in [5, 5.41) is 7.28. The molecule has 0 saturated carbocycles. The molecular formula is C19H25N3O3. The zero-order valence-electron chi connectivity index (χ0n) is 14.8. The fourth-order valence-corrected chi connectivity index (χ4v) is 2.43. The summed E-state index contributed by atoms with van der Waals surface area (Å²) in [7, 11) is 1.61. The Balaban J connectivity index is 1.99. The third-order valence-electron chi connectivity index (χ3n) is 3.86. The number of nitrogens with zero attached hydrogens (tertiary/aromatic N) is 2. The van der Waals surface area contributed by atoms with Crippen molar-refractivity contribution in [2.45, 2.75) is 39.2 Å². The highest BCUT2D eigenvalue weighted by molar-refractivity contribution is 5.75. The van der Waals surface area contributed by atoms with Gasteiger partial charge in [0.1, 0.15) is 5.75 Å². The van der Waals surface area contributed by atoms with Crippen molar-refractivity contribution in [2.75, 3.05) is 13.7 Å². The Kier molecular flexibility index (Phi) is 7.19. The second-order valence-electron chi connectivity index (χ2n) is 5.82. The number of nitrogens with one attached hydrogen (secondary N) is 1. The molecule has 0 aliphatic rings. The van der Waals surface area contributed by atoms with E-state index in [2.05, 4.69) is 17.3 Å². The highest BCUT2D eigenvalue weighted by atomic mass is 16.5. The lowest BCUT2D eigenvalue weighted by Crippen LogP contribution is -2.26. The Morgan fingerprint density at radius 2 is 2.08 bits per heavy atom. The number of carbonyl (C=O) groups is 1. The number of aromatic nitrogens is 2. The molecule has 6 nitrogen and oxygen atoms in total. The van der Waals surface area contributed by atoms with E-state index in [9.17, 15) is 9.59 Å². The zero-order valence-corrected chi connectivity index (χ0v) is 14.8. The van der Waals surface area contributed by atoms with Crippen molar-refractivity contribution >= 4 is 5.91 Å². The molecule has 1 N–H and O–H groups in total. The van der Waals surface area contributed by atoms with E-state index >= 15 is 0 Å². The largest absolute Gasteiger partial charge is 0.497 e. The number of unbranched alkanes of at least 4 members (excludes halogenated alkanes) is 1. The molecule has 0 atom stereocenters. The summed E-state index contributed by atoms with van der Waals surface area (Å²) in [5.41, 5.74) is 1.41. The molecule has 1 aromatic carbocycles. The van der Waals surface area contributed by atoms with Crippen molar-refractivity contribution < 1.29 is 9.53 Å². The molecule has 6 heteroatoms. The van der Waals surface area contributed by atoms with Crippen LogP contribution in [0, 0.1) is 0 Å². The first-order valence-electron chi connectivity index (χ1n) is 8.63. The molecule has 0 saturated heterocycles. The lowest BCUT2D eigenvalue weighted by molar-refractivity contribution is -0.121. The van der Waals surface area contributed by atoms with Gasteiger partial charge in [-0.1, -0.05) is 25.5 Å². The molecule has 0 aliphatic heterocycles. The molecule has 1 aromatic heterocycles. The number of amides is 1. The molecule has 0 fully saturated rings. The molecule has 0 bridgehead atoms. The van der Waals surface area contributed by atoms with Crippen LogP contribution >= 0.6 is 0 Å². The fraction of sp³-hybridized carbons (Fsp3) is 0.421. The smallest absolute Gasteiger partial charge is 0.266 e. The third kappa shape index (κ3) is 5.74. The monoisotopic (exact) mass is 343 g/mol. The first-order chi connectivity index (χ1) is 12.1. The molecule has 0 spiro atoms. The second-order valence-corrected chi connectivity index (χ2v) is 5.82. The number of benzene rings is 1. The lowest BCUT2D eigenvalue weighted by Gasteiger charge is -2.08. The molecule has 2 rings (SSSR count). The van der Waals surface area contributed by atoms with E-state index in [1.54, 1.807) is 13.2 Å². The van der Waals surface area contributed by atoms with E-state index in [0.717, 1.165) is 24.2 Å². The van der Waals surface area contributed by atoms with E-state index in [-0.39, 0.29) is 11.5 Å². The predicted octanol–water partition coefficient (Wildman–Crippen LogP) is 2.62. The number of hydrogen-bond donors (Lipinski definition) is 1. The number of methoxy groups -OCH3 is 1. The van der Waals surface area contributed by atoms with Gasteiger partial charge in [0.05, 0.1) is 12.8 Å². The van der Waals surface area contributed by atoms with Gasteiger partial charge in [-0.15, -0.1) is 0 Å². The quantitative estimate of drug-likeness (QED) is 0.710. The zero-order chi connectivity index (χ0) is 18.1. The molecule has 134 valence electrons. The van der Waals surface area contributed by atoms with Crippen molar-refractivity contribution in [2.24, 2.45) is 0 Å². The van der Waals surface area contributed by atoms with Crippen LogP contribution in [0.25, 0.3) is 11.3 Å². The molecule has 0 aliphatic carbocycles. The van der Waals surface area contributed by atoms with Gasteiger partial charge in [-0.3, -0.25) is 9.59 Å². The van der Waals surface area contributed by atoms with Crippen LogP contribution in [0.15, 0.2) is 41.2 Å². The summed E-state index contributed by atoms with van der Waals surface area (Å²) in [4.78, 5) is 23.7. The van der Waals surface area contributed by atoms with Gasteiger partial charge in [0.15, 0.2) is 0 Å². The minimum Gasteiger partial charge on any atom is -0.497 e. The van der Waals surface area contributed by atoms with Crippen molar-refractivity contribution in [3.63, 3.8) is 0 Å². The summed E-state index contributed by atoms with van der Waals surface area (Å²) < 4.78 is 6.63. The van der Waals surface area contributed by atoms with E-state index in [4.69, 9.17) is 4.74 Å². The molecule has 1 heterocycles. The Labute approximate surface area is 147 Å². The van der Waals surface area contributed by atoms with Gasteiger partial charge >= 0.3 is 0 Å². The lowest BCUT2D eigenvalue weighted by atomic mass is 10.1. The van der Waals surface area contributed by atoms with E-state index < -0.39 is 0 Å². The van der Waals surface area contributed by atoms with Crippen LogP contribution in [0.3, 0.4) is 0 Å². The van der Waals surface area contributed by atoms with Gasteiger partial charge in [-0.25, -0.2) is 4.68 Å². The van der Waals surface area contributed by atoms with Crippen LogP contribution < -0.4 is 15.6 Å². The Morgan fingerprint density at radius 3 is 2.84 bits per heavy atom. The highest BCUT2D eigenvalue weighted by Crippen LogP contribution is 2.21. The van der Waals surface area contributed by atoms with Gasteiger partial charge in [-0.05, 0) is 31.0 Å². The minimum absolute atomic E-state index is 0.0189. The summed E-state index contributed by atoms with van der Waals surface area (Å²) in [6.07, 6.45) is 3.00. The Hall–Kier alpha value is -2.63. The van der Waals surface area contributed by atoms with E-state index in [1.807, 2.05) is 24.3 Å². The summed E-state index contributed by atoms with van der Waals surface area (Å²) in [6.45, 7) is 3.20. The van der Waals surface area contributed by atoms with Crippen molar-refractivity contribution in [3.8, 4) is 17.0 Å². The summed E-state index contributed by atoms with van der Waals surface area (Å²) in [5.74, 6) is 0.756. The average molecular weight is 343 g/mol. The highest BCUT2D eigenvalue weighted by Gasteiger charge is 2.06. The maximum atomic E-state index is 12.0. The number of rotatable bonds is 9. The standard InChI is InChI=1S/C19H25N3O3/c1-3-4-12-20-18(23)9-6-13-22-19(24)11-10-17(21-22)15-7-5-8-16(14-15)25-2/h5,7-8,10-11,14H,3-4,6,9,12-13H2,1-2H3,(H,20,23). The second kappa shape index (κ2) is 9.61. The van der Waals surface area contributed by atoms with Crippen LogP contribution in [0.2, 0.25) is 0 Å². The van der Waals surface area contributed by atoms with Gasteiger partial charge in [0, 0.05) is 31.1 Å². The summed E-state index contributed by atoms with van der Waals surface area (Å²) in [6, 6.07) is 10.7. The van der Waals surface area contributed by atoms with Gasteiger partial charge in [0.2, 0.25) is 5.91 Å². The van der Waals surface area contributed by atoms with Gasteiger partial charge in [0.25, 0.3) is 5.56 Å². The number of hydrogen-bond acceptors (Lipinski definition) is 4. The number of aryl methyl sites for hydroxylation is 1. The maximum absolute atomic E-state index is 12.0. The third-order valence-corrected chi connectivity index (χ3v) is 3.86. The van der Waals surface area contributed by atoms with Crippen molar-refractivity contribution in [1.29, 1.82) is 0 Å². The van der Waals surface area contributed by atoms with E-state index in [1.165, 1.54) is 10.7 Å². The molecule has 25 heavy (non-hydrogen) atoms. The predicted molar refractivity (Wildman–Crippen MR) is 97.6 cm³/mol. The normalized spacial score (nSPS) is 10.5. The van der Waals surface area contributed by atoms with Crippen molar-refractivity contribution in [1.82, 2.24) is 15.1 Å². The molecule has 1 amide bonds. The Morgan fingerprint density at radius 1 is 1.24 bits per heavy atom. The topological polar surface area (TPSA) is 73.2 Å². The van der Waals surface area contributed by atoms with Crippen LogP contribution in [0.5, 0.6) is 5.75 Å². The van der Waals surface area contributed by atoms with Crippen molar-refractivity contribution in [3.05, 3.63) is 46.8 Å².